The summed E-state index contributed by atoms with van der Waals surface area (Å²) in [5.74, 6) is -1.34. The summed E-state index contributed by atoms with van der Waals surface area (Å²) in [5.41, 5.74) is 2.22. The fourth-order valence-corrected chi connectivity index (χ4v) is 5.94. The smallest absolute Gasteiger partial charge is 0.228 e. The van der Waals surface area contributed by atoms with Gasteiger partial charge in [0.25, 0.3) is 0 Å². The maximum Gasteiger partial charge on any atom is 0.228 e. The molecule has 1 aliphatic carbocycles. The minimum absolute atomic E-state index is 0.00822. The van der Waals surface area contributed by atoms with Crippen molar-refractivity contribution < 1.29 is 26.7 Å². The van der Waals surface area contributed by atoms with Gasteiger partial charge in [0.05, 0.1) is 28.7 Å². The minimum Gasteiger partial charge on any atom is -0.457 e. The van der Waals surface area contributed by atoms with Gasteiger partial charge in [0, 0.05) is 17.3 Å². The minimum atomic E-state index is -3.33. The first-order valence-electron chi connectivity index (χ1n) is 12.6. The number of halogens is 2. The highest BCUT2D eigenvalue weighted by Gasteiger charge is 2.29. The number of ether oxygens (including phenoxy) is 1. The molecular weight excluding hydrogens is 534 g/mol. The van der Waals surface area contributed by atoms with Gasteiger partial charge in [-0.1, -0.05) is 24.3 Å². The molecule has 1 N–H and O–H groups in total. The van der Waals surface area contributed by atoms with Gasteiger partial charge in [0.2, 0.25) is 5.91 Å². The molecule has 0 spiro atoms. The predicted molar refractivity (Wildman–Crippen MR) is 147 cm³/mol. The van der Waals surface area contributed by atoms with E-state index in [0.717, 1.165) is 25.0 Å². The van der Waals surface area contributed by atoms with Crippen LogP contribution in [0.3, 0.4) is 0 Å². The molecule has 0 unspecified atom stereocenters. The van der Waals surface area contributed by atoms with Gasteiger partial charge in [-0.2, -0.15) is 5.26 Å². The van der Waals surface area contributed by atoms with Crippen molar-refractivity contribution in [1.82, 2.24) is 0 Å². The Labute approximate surface area is 230 Å². The van der Waals surface area contributed by atoms with Crippen LogP contribution >= 0.6 is 0 Å². The van der Waals surface area contributed by atoms with E-state index >= 15 is 0 Å². The summed E-state index contributed by atoms with van der Waals surface area (Å²) in [6, 6.07) is 23.1. The molecule has 6 nitrogen and oxygen atoms in total. The molecule has 1 amide bonds. The standard InChI is InChI=1S/C31H24F2N2O4S/c32-28-13-8-23(16-29(28)33)27-12-9-24(17-30(27)39-25-3-1-2-22(14-25)18-34)35-31(36)15-20-6-10-26(11-7-20)40(37,38)19-21-4-5-21/h1-3,6-14,16-17,21H,4-5,15,19H2,(H,35,36). The Bertz CT molecular complexity index is 1730. The monoisotopic (exact) mass is 558 g/mol. The second kappa shape index (κ2) is 11.3. The zero-order valence-electron chi connectivity index (χ0n) is 21.2. The Morgan fingerprint density at radius 1 is 0.950 bits per heavy atom. The Morgan fingerprint density at radius 3 is 2.42 bits per heavy atom. The average molecular weight is 559 g/mol. The quantitative estimate of drug-likeness (QED) is 0.248. The van der Waals surface area contributed by atoms with E-state index in [1.54, 1.807) is 48.5 Å². The predicted octanol–water partition coefficient (Wildman–Crippen LogP) is 6.66. The maximum absolute atomic E-state index is 14.0. The van der Waals surface area contributed by atoms with Crippen LogP contribution in [0.5, 0.6) is 11.5 Å². The second-order valence-electron chi connectivity index (χ2n) is 9.68. The number of hydrogen-bond acceptors (Lipinski definition) is 5. The summed E-state index contributed by atoms with van der Waals surface area (Å²) in [6.07, 6.45) is 1.89. The van der Waals surface area contributed by atoms with Gasteiger partial charge in [-0.05, 0) is 84.5 Å². The lowest BCUT2D eigenvalue weighted by atomic mass is 10.0. The van der Waals surface area contributed by atoms with Crippen molar-refractivity contribution in [3.8, 4) is 28.7 Å². The van der Waals surface area contributed by atoms with Crippen LogP contribution in [-0.4, -0.2) is 20.1 Å². The molecule has 0 atom stereocenters. The van der Waals surface area contributed by atoms with Crippen molar-refractivity contribution in [3.05, 3.63) is 108 Å². The molecule has 40 heavy (non-hydrogen) atoms. The fraction of sp³-hybridized carbons (Fsp3) is 0.161. The first-order chi connectivity index (χ1) is 19.2. The van der Waals surface area contributed by atoms with E-state index in [4.69, 9.17) is 4.74 Å². The van der Waals surface area contributed by atoms with Gasteiger partial charge in [-0.25, -0.2) is 17.2 Å². The number of nitrogens with zero attached hydrogens (tertiary/aromatic N) is 1. The zero-order chi connectivity index (χ0) is 28.3. The van der Waals surface area contributed by atoms with Crippen LogP contribution in [-0.2, 0) is 21.1 Å². The van der Waals surface area contributed by atoms with Gasteiger partial charge in [0.1, 0.15) is 11.5 Å². The van der Waals surface area contributed by atoms with Crippen molar-refractivity contribution in [2.24, 2.45) is 5.92 Å². The van der Waals surface area contributed by atoms with Crippen LogP contribution in [0.25, 0.3) is 11.1 Å². The highest BCUT2D eigenvalue weighted by Crippen LogP contribution is 2.37. The number of hydrogen-bond donors (Lipinski definition) is 1. The number of nitriles is 1. The molecule has 1 aliphatic rings. The lowest BCUT2D eigenvalue weighted by molar-refractivity contribution is -0.115. The van der Waals surface area contributed by atoms with Crippen LogP contribution < -0.4 is 10.1 Å². The third-order valence-corrected chi connectivity index (χ3v) is 8.39. The third kappa shape index (κ3) is 6.53. The summed E-state index contributed by atoms with van der Waals surface area (Å²) in [6.45, 7) is 0. The van der Waals surface area contributed by atoms with E-state index < -0.39 is 21.5 Å². The number of rotatable bonds is 9. The van der Waals surface area contributed by atoms with Gasteiger partial charge in [-0.3, -0.25) is 4.79 Å². The van der Waals surface area contributed by atoms with Gasteiger partial charge < -0.3 is 10.1 Å². The van der Waals surface area contributed by atoms with E-state index in [1.807, 2.05) is 6.07 Å². The molecule has 4 aromatic rings. The van der Waals surface area contributed by atoms with Crippen LogP contribution in [0.15, 0.2) is 89.8 Å². The first kappa shape index (κ1) is 27.0. The normalized spacial score (nSPS) is 12.9. The Morgan fingerprint density at radius 2 is 1.73 bits per heavy atom. The number of carbonyl (C=O) groups excluding carboxylic acids is 1. The molecule has 9 heteroatoms. The van der Waals surface area contributed by atoms with Crippen molar-refractivity contribution in [2.45, 2.75) is 24.2 Å². The largest absolute Gasteiger partial charge is 0.457 e. The molecule has 0 radical (unpaired) electrons. The molecule has 1 saturated carbocycles. The summed E-state index contributed by atoms with van der Waals surface area (Å²) >= 11 is 0. The summed E-state index contributed by atoms with van der Waals surface area (Å²) in [4.78, 5) is 13.1. The lowest BCUT2D eigenvalue weighted by Gasteiger charge is -2.15. The van der Waals surface area contributed by atoms with Crippen molar-refractivity contribution in [1.29, 1.82) is 5.26 Å². The van der Waals surface area contributed by atoms with Gasteiger partial charge >= 0.3 is 0 Å². The number of amides is 1. The van der Waals surface area contributed by atoms with Crippen molar-refractivity contribution in [2.75, 3.05) is 11.1 Å². The number of carbonyl (C=O) groups is 1. The number of benzene rings is 4. The second-order valence-corrected chi connectivity index (χ2v) is 11.7. The van der Waals surface area contributed by atoms with Crippen LogP contribution in [0.2, 0.25) is 0 Å². The van der Waals surface area contributed by atoms with E-state index in [9.17, 15) is 27.3 Å². The van der Waals surface area contributed by atoms with E-state index in [0.29, 0.717) is 33.7 Å². The van der Waals surface area contributed by atoms with Gasteiger partial charge in [0.15, 0.2) is 21.5 Å². The molecule has 0 aromatic heterocycles. The fourth-order valence-electron chi connectivity index (χ4n) is 4.24. The van der Waals surface area contributed by atoms with Crippen LogP contribution in [0, 0.1) is 28.9 Å². The molecule has 4 aromatic carbocycles. The third-order valence-electron chi connectivity index (χ3n) is 6.49. The molecule has 0 bridgehead atoms. The van der Waals surface area contributed by atoms with Crippen molar-refractivity contribution in [3.63, 3.8) is 0 Å². The van der Waals surface area contributed by atoms with E-state index in [-0.39, 0.29) is 34.6 Å². The number of nitrogens with one attached hydrogen (secondary N) is 1. The zero-order valence-corrected chi connectivity index (χ0v) is 22.0. The number of sulfone groups is 1. The van der Waals surface area contributed by atoms with Gasteiger partial charge in [-0.15, -0.1) is 0 Å². The molecular formula is C31H24F2N2O4S. The summed E-state index contributed by atoms with van der Waals surface area (Å²) in [7, 11) is -3.33. The van der Waals surface area contributed by atoms with Crippen molar-refractivity contribution >= 4 is 21.4 Å². The molecule has 0 aliphatic heterocycles. The maximum atomic E-state index is 14.0. The summed E-state index contributed by atoms with van der Waals surface area (Å²) in [5, 5.41) is 12.0. The van der Waals surface area contributed by atoms with E-state index in [1.165, 1.54) is 24.3 Å². The summed E-state index contributed by atoms with van der Waals surface area (Å²) < 4.78 is 58.5. The molecule has 0 heterocycles. The Hall–Kier alpha value is -4.55. The average Bonchev–Trinajstić information content (AvgIpc) is 3.74. The molecule has 1 fully saturated rings. The van der Waals surface area contributed by atoms with E-state index in [2.05, 4.69) is 5.32 Å². The lowest BCUT2D eigenvalue weighted by Crippen LogP contribution is -2.14. The Balaban J connectivity index is 1.36. The van der Waals surface area contributed by atoms with Crippen LogP contribution in [0.1, 0.15) is 24.0 Å². The number of anilines is 1. The topological polar surface area (TPSA) is 96.3 Å². The molecule has 0 saturated heterocycles. The highest BCUT2D eigenvalue weighted by molar-refractivity contribution is 7.91. The molecule has 5 rings (SSSR count). The highest BCUT2D eigenvalue weighted by atomic mass is 32.2. The SMILES string of the molecule is N#Cc1cccc(Oc2cc(NC(=O)Cc3ccc(S(=O)(=O)CC4CC4)cc3)ccc2-c2ccc(F)c(F)c2)c1. The Kier molecular flexibility index (Phi) is 7.63. The first-order valence-corrected chi connectivity index (χ1v) is 14.2. The molecule has 202 valence electrons. The van der Waals surface area contributed by atoms with Crippen LogP contribution in [0.4, 0.5) is 14.5 Å².